The Morgan fingerprint density at radius 2 is 1.87 bits per heavy atom. The molecule has 0 unspecified atom stereocenters. The van der Waals surface area contributed by atoms with E-state index in [-0.39, 0.29) is 13.1 Å². The van der Waals surface area contributed by atoms with Crippen LogP contribution < -0.4 is 0 Å². The molecule has 0 atom stereocenters. The SMILES string of the molecule is Cc1nc(C2CCC(c3nnc4n3-c3ccc(Cl)cc3CN(C(=O)O)C4)CC2)sc1C. The highest BCUT2D eigenvalue weighted by Crippen LogP contribution is 2.42. The fourth-order valence-electron chi connectivity index (χ4n) is 4.70. The number of thiazole rings is 1. The van der Waals surface area contributed by atoms with Gasteiger partial charge in [0.25, 0.3) is 0 Å². The molecule has 1 N–H and O–H groups in total. The van der Waals surface area contributed by atoms with Crippen molar-refractivity contribution in [1.82, 2.24) is 24.6 Å². The van der Waals surface area contributed by atoms with Crippen molar-refractivity contribution in [3.63, 3.8) is 0 Å². The van der Waals surface area contributed by atoms with E-state index in [1.54, 1.807) is 0 Å². The van der Waals surface area contributed by atoms with Crippen LogP contribution >= 0.6 is 22.9 Å². The molecular weight excluding hydrogens is 434 g/mol. The Balaban J connectivity index is 1.46. The number of aromatic nitrogens is 4. The van der Waals surface area contributed by atoms with Crippen molar-refractivity contribution in [3.05, 3.63) is 56.0 Å². The van der Waals surface area contributed by atoms with Gasteiger partial charge in [0.2, 0.25) is 0 Å². The van der Waals surface area contributed by atoms with Gasteiger partial charge in [-0.1, -0.05) is 11.6 Å². The third kappa shape index (κ3) is 3.72. The molecule has 1 amide bonds. The standard InChI is InChI=1S/C22H24ClN5O2S/c1-12-13(2)31-21(24-12)15-5-3-14(4-6-15)20-26-25-19-11-27(22(29)30)10-16-9-17(23)7-8-18(16)28(19)20/h7-9,14-15H,3-6,10-11H2,1-2H3,(H,29,30). The van der Waals surface area contributed by atoms with Gasteiger partial charge < -0.3 is 5.11 Å². The van der Waals surface area contributed by atoms with E-state index >= 15 is 0 Å². The maximum Gasteiger partial charge on any atom is 0.408 e. The lowest BCUT2D eigenvalue weighted by molar-refractivity contribution is 0.139. The number of nitrogens with zero attached hydrogens (tertiary/aromatic N) is 5. The van der Waals surface area contributed by atoms with E-state index in [9.17, 15) is 9.90 Å². The van der Waals surface area contributed by atoms with Gasteiger partial charge in [0.05, 0.1) is 29.5 Å². The molecular formula is C22H24ClN5O2S. The van der Waals surface area contributed by atoms with E-state index in [1.807, 2.05) is 29.5 Å². The number of carboxylic acid groups (broad SMARTS) is 1. The van der Waals surface area contributed by atoms with E-state index < -0.39 is 6.09 Å². The van der Waals surface area contributed by atoms with E-state index in [4.69, 9.17) is 16.6 Å². The van der Waals surface area contributed by atoms with Gasteiger partial charge in [-0.3, -0.25) is 9.47 Å². The summed E-state index contributed by atoms with van der Waals surface area (Å²) < 4.78 is 2.07. The highest BCUT2D eigenvalue weighted by Gasteiger charge is 2.32. The first-order valence-corrected chi connectivity index (χ1v) is 11.7. The zero-order valence-electron chi connectivity index (χ0n) is 17.5. The molecule has 31 heavy (non-hydrogen) atoms. The number of hydrogen-bond acceptors (Lipinski definition) is 5. The molecule has 7 nitrogen and oxygen atoms in total. The largest absolute Gasteiger partial charge is 0.465 e. The first-order chi connectivity index (χ1) is 14.9. The van der Waals surface area contributed by atoms with Gasteiger partial charge in [0.15, 0.2) is 5.82 Å². The summed E-state index contributed by atoms with van der Waals surface area (Å²) in [6.45, 7) is 4.71. The quantitative estimate of drug-likeness (QED) is 0.554. The van der Waals surface area contributed by atoms with Crippen molar-refractivity contribution in [1.29, 1.82) is 0 Å². The van der Waals surface area contributed by atoms with Crippen molar-refractivity contribution in [2.45, 2.75) is 64.5 Å². The Morgan fingerprint density at radius 1 is 1.13 bits per heavy atom. The molecule has 0 spiro atoms. The topological polar surface area (TPSA) is 84.1 Å². The highest BCUT2D eigenvalue weighted by atomic mass is 35.5. The molecule has 1 fully saturated rings. The number of halogens is 1. The second-order valence-electron chi connectivity index (χ2n) is 8.46. The lowest BCUT2D eigenvalue weighted by Gasteiger charge is -2.27. The molecule has 2 aromatic heterocycles. The van der Waals surface area contributed by atoms with E-state index in [0.29, 0.717) is 22.7 Å². The van der Waals surface area contributed by atoms with Gasteiger partial charge in [0.1, 0.15) is 5.82 Å². The molecule has 1 aromatic carbocycles. The first-order valence-electron chi connectivity index (χ1n) is 10.6. The number of fused-ring (bicyclic) bond motifs is 3. The van der Waals surface area contributed by atoms with Crippen molar-refractivity contribution in [3.8, 4) is 5.69 Å². The molecule has 1 saturated carbocycles. The molecule has 162 valence electrons. The molecule has 9 heteroatoms. The minimum absolute atomic E-state index is 0.210. The Labute approximate surface area is 189 Å². The summed E-state index contributed by atoms with van der Waals surface area (Å²) in [6, 6.07) is 5.64. The van der Waals surface area contributed by atoms with Gasteiger partial charge >= 0.3 is 6.09 Å². The van der Waals surface area contributed by atoms with Crippen LogP contribution in [0.15, 0.2) is 18.2 Å². The van der Waals surface area contributed by atoms with Gasteiger partial charge in [0, 0.05) is 21.7 Å². The van der Waals surface area contributed by atoms with Crippen LogP contribution in [0, 0.1) is 13.8 Å². The number of aryl methyl sites for hydroxylation is 2. The van der Waals surface area contributed by atoms with Crippen LogP contribution in [-0.4, -0.2) is 35.8 Å². The summed E-state index contributed by atoms with van der Waals surface area (Å²) in [5.41, 5.74) is 2.94. The normalized spacial score (nSPS) is 20.8. The lowest BCUT2D eigenvalue weighted by Crippen LogP contribution is -2.27. The van der Waals surface area contributed by atoms with Crippen molar-refractivity contribution < 1.29 is 9.90 Å². The van der Waals surface area contributed by atoms with Gasteiger partial charge in [-0.05, 0) is 63.3 Å². The Morgan fingerprint density at radius 3 is 2.55 bits per heavy atom. The lowest BCUT2D eigenvalue weighted by atomic mass is 9.82. The zero-order valence-corrected chi connectivity index (χ0v) is 19.1. The average Bonchev–Trinajstić information content (AvgIpc) is 3.26. The smallest absolute Gasteiger partial charge is 0.408 e. The Hall–Kier alpha value is -2.45. The van der Waals surface area contributed by atoms with Crippen LogP contribution in [0.25, 0.3) is 5.69 Å². The third-order valence-corrected chi connectivity index (χ3v) is 7.96. The molecule has 0 saturated heterocycles. The molecule has 0 bridgehead atoms. The van der Waals surface area contributed by atoms with Crippen LogP contribution in [-0.2, 0) is 13.1 Å². The van der Waals surface area contributed by atoms with E-state index in [1.165, 1.54) is 14.8 Å². The fourth-order valence-corrected chi connectivity index (χ4v) is 5.98. The summed E-state index contributed by atoms with van der Waals surface area (Å²) in [7, 11) is 0. The second kappa shape index (κ2) is 7.91. The highest BCUT2D eigenvalue weighted by molar-refractivity contribution is 7.11. The molecule has 0 radical (unpaired) electrons. The molecule has 3 aromatic rings. The fraction of sp³-hybridized carbons (Fsp3) is 0.455. The van der Waals surface area contributed by atoms with E-state index in [2.05, 4.69) is 28.6 Å². The molecule has 5 rings (SSSR count). The summed E-state index contributed by atoms with van der Waals surface area (Å²) in [5, 5.41) is 20.4. The zero-order chi connectivity index (χ0) is 21.7. The Bertz CT molecular complexity index is 1130. The predicted molar refractivity (Wildman–Crippen MR) is 119 cm³/mol. The summed E-state index contributed by atoms with van der Waals surface area (Å²) >= 11 is 8.04. The van der Waals surface area contributed by atoms with Gasteiger partial charge in [-0.15, -0.1) is 21.5 Å². The molecule has 1 aliphatic heterocycles. The van der Waals surface area contributed by atoms with Crippen LogP contribution in [0.1, 0.15) is 70.3 Å². The van der Waals surface area contributed by atoms with Crippen LogP contribution in [0.3, 0.4) is 0 Å². The van der Waals surface area contributed by atoms with Crippen LogP contribution in [0.5, 0.6) is 0 Å². The van der Waals surface area contributed by atoms with Crippen LogP contribution in [0.2, 0.25) is 5.02 Å². The number of amides is 1. The summed E-state index contributed by atoms with van der Waals surface area (Å²) in [5.74, 6) is 2.39. The first kappa shape index (κ1) is 20.5. The summed E-state index contributed by atoms with van der Waals surface area (Å²) in [4.78, 5) is 19.2. The molecule has 2 aliphatic rings. The van der Waals surface area contributed by atoms with Crippen LogP contribution in [0.4, 0.5) is 4.79 Å². The maximum atomic E-state index is 11.7. The van der Waals surface area contributed by atoms with Crippen molar-refractivity contribution in [2.24, 2.45) is 0 Å². The monoisotopic (exact) mass is 457 g/mol. The number of rotatable bonds is 2. The van der Waals surface area contributed by atoms with Crippen molar-refractivity contribution >= 4 is 29.0 Å². The molecule has 1 aliphatic carbocycles. The van der Waals surface area contributed by atoms with Crippen molar-refractivity contribution in [2.75, 3.05) is 0 Å². The number of carbonyl (C=O) groups is 1. The van der Waals surface area contributed by atoms with Gasteiger partial charge in [-0.25, -0.2) is 9.78 Å². The predicted octanol–water partition coefficient (Wildman–Crippen LogP) is 5.43. The minimum atomic E-state index is -0.974. The third-order valence-electron chi connectivity index (χ3n) is 6.49. The average molecular weight is 458 g/mol. The summed E-state index contributed by atoms with van der Waals surface area (Å²) in [6.07, 6.45) is 3.22. The number of benzene rings is 1. The minimum Gasteiger partial charge on any atom is -0.465 e. The Kier molecular flexibility index (Phi) is 5.22. The van der Waals surface area contributed by atoms with E-state index in [0.717, 1.165) is 48.5 Å². The molecule has 3 heterocycles. The maximum absolute atomic E-state index is 11.7. The van der Waals surface area contributed by atoms with Gasteiger partial charge in [-0.2, -0.15) is 0 Å². The second-order valence-corrected chi connectivity index (χ2v) is 10.1. The number of hydrogen-bond donors (Lipinski definition) is 1.